The Hall–Kier alpha value is -3.09. The van der Waals surface area contributed by atoms with Crippen molar-refractivity contribution >= 4 is 22.6 Å². The zero-order valence-corrected chi connectivity index (χ0v) is 10.1. The lowest BCUT2D eigenvalue weighted by Gasteiger charge is -2.00. The molecule has 0 aliphatic rings. The number of nitro groups is 1. The van der Waals surface area contributed by atoms with Crippen molar-refractivity contribution < 1.29 is 9.72 Å². The van der Waals surface area contributed by atoms with Gasteiger partial charge in [-0.05, 0) is 18.2 Å². The molecule has 0 bridgehead atoms. The standard InChI is InChI=1S/C13H8N4O3/c18-13(9-5-2-1-3-6-9)16-10-7-4-8-11(17(19)20)12(10)14-15-16/h1-8H. The molecule has 0 atom stereocenters. The van der Waals surface area contributed by atoms with Gasteiger partial charge in [0.2, 0.25) is 0 Å². The van der Waals surface area contributed by atoms with E-state index in [1.807, 2.05) is 0 Å². The average Bonchev–Trinajstić information content (AvgIpc) is 2.91. The highest BCUT2D eigenvalue weighted by Crippen LogP contribution is 2.23. The molecule has 0 spiro atoms. The van der Waals surface area contributed by atoms with Gasteiger partial charge in [-0.15, -0.1) is 5.10 Å². The molecule has 0 unspecified atom stereocenters. The van der Waals surface area contributed by atoms with Crippen LogP contribution in [0.4, 0.5) is 5.69 Å². The highest BCUT2D eigenvalue weighted by Gasteiger charge is 2.20. The first-order valence-electron chi connectivity index (χ1n) is 5.77. The third-order valence-corrected chi connectivity index (χ3v) is 2.87. The average molecular weight is 268 g/mol. The first-order chi connectivity index (χ1) is 9.68. The number of carbonyl (C=O) groups is 1. The van der Waals surface area contributed by atoms with E-state index in [0.29, 0.717) is 11.1 Å². The van der Waals surface area contributed by atoms with Crippen molar-refractivity contribution in [2.75, 3.05) is 0 Å². The fraction of sp³-hybridized carbons (Fsp3) is 0. The van der Waals surface area contributed by atoms with E-state index in [4.69, 9.17) is 0 Å². The lowest BCUT2D eigenvalue weighted by molar-refractivity contribution is -0.383. The van der Waals surface area contributed by atoms with Gasteiger partial charge in [0.25, 0.3) is 11.6 Å². The van der Waals surface area contributed by atoms with Crippen LogP contribution in [0.25, 0.3) is 11.0 Å². The van der Waals surface area contributed by atoms with Gasteiger partial charge in [-0.1, -0.05) is 29.5 Å². The number of hydrogen-bond donors (Lipinski definition) is 0. The summed E-state index contributed by atoms with van der Waals surface area (Å²) in [6.07, 6.45) is 0. The number of aromatic nitrogens is 3. The van der Waals surface area contributed by atoms with E-state index in [0.717, 1.165) is 4.68 Å². The van der Waals surface area contributed by atoms with E-state index >= 15 is 0 Å². The minimum atomic E-state index is -0.547. The summed E-state index contributed by atoms with van der Waals surface area (Å²) in [5.74, 6) is -0.381. The van der Waals surface area contributed by atoms with Crippen LogP contribution in [0, 0.1) is 10.1 Å². The minimum absolute atomic E-state index is 0.0989. The monoisotopic (exact) mass is 268 g/mol. The van der Waals surface area contributed by atoms with Gasteiger partial charge in [0, 0.05) is 11.6 Å². The highest BCUT2D eigenvalue weighted by atomic mass is 16.6. The Balaban J connectivity index is 2.17. The number of nitrogens with zero attached hydrogens (tertiary/aromatic N) is 4. The molecule has 0 aliphatic carbocycles. The SMILES string of the molecule is O=C(c1ccccc1)n1nnc2c([N+](=O)[O-])cccc21. The lowest BCUT2D eigenvalue weighted by atomic mass is 10.2. The number of hydrogen-bond acceptors (Lipinski definition) is 5. The van der Waals surface area contributed by atoms with Crippen molar-refractivity contribution in [1.82, 2.24) is 15.0 Å². The van der Waals surface area contributed by atoms with Gasteiger partial charge in [-0.3, -0.25) is 14.9 Å². The van der Waals surface area contributed by atoms with Crippen molar-refractivity contribution in [3.05, 3.63) is 64.2 Å². The quantitative estimate of drug-likeness (QED) is 0.523. The summed E-state index contributed by atoms with van der Waals surface area (Å²) in [5, 5.41) is 18.4. The Kier molecular flexibility index (Phi) is 2.72. The fourth-order valence-corrected chi connectivity index (χ4v) is 1.93. The summed E-state index contributed by atoms with van der Waals surface area (Å²) >= 11 is 0. The molecule has 0 amide bonds. The smallest absolute Gasteiger partial charge is 0.267 e. The molecule has 0 aliphatic heterocycles. The highest BCUT2D eigenvalue weighted by molar-refractivity contribution is 6.01. The summed E-state index contributed by atoms with van der Waals surface area (Å²) < 4.78 is 1.07. The van der Waals surface area contributed by atoms with Crippen LogP contribution in [0.1, 0.15) is 10.4 Å². The van der Waals surface area contributed by atoms with Gasteiger partial charge >= 0.3 is 0 Å². The Morgan fingerprint density at radius 3 is 2.55 bits per heavy atom. The maximum atomic E-state index is 12.3. The summed E-state index contributed by atoms with van der Waals surface area (Å²) in [6, 6.07) is 12.9. The summed E-state index contributed by atoms with van der Waals surface area (Å²) in [6.45, 7) is 0. The molecular formula is C13H8N4O3. The Bertz CT molecular complexity index is 811. The van der Waals surface area contributed by atoms with Gasteiger partial charge in [0.05, 0.1) is 4.92 Å². The zero-order valence-electron chi connectivity index (χ0n) is 10.1. The molecule has 3 aromatic rings. The van der Waals surface area contributed by atoms with Crippen LogP contribution < -0.4 is 0 Å². The van der Waals surface area contributed by atoms with Crippen LogP contribution >= 0.6 is 0 Å². The Morgan fingerprint density at radius 1 is 1.10 bits per heavy atom. The molecule has 7 heteroatoms. The van der Waals surface area contributed by atoms with Crippen molar-refractivity contribution in [2.24, 2.45) is 0 Å². The van der Waals surface area contributed by atoms with Gasteiger partial charge in [-0.2, -0.15) is 4.68 Å². The largest absolute Gasteiger partial charge is 0.299 e. The number of carbonyl (C=O) groups excluding carboxylic acids is 1. The zero-order chi connectivity index (χ0) is 14.1. The third kappa shape index (κ3) is 1.81. The maximum absolute atomic E-state index is 12.3. The van der Waals surface area contributed by atoms with Crippen LogP contribution in [0.5, 0.6) is 0 Å². The van der Waals surface area contributed by atoms with Crippen molar-refractivity contribution in [2.45, 2.75) is 0 Å². The van der Waals surface area contributed by atoms with E-state index in [1.54, 1.807) is 36.4 Å². The number of nitro benzene ring substituents is 1. The molecule has 0 saturated carbocycles. The summed E-state index contributed by atoms with van der Waals surface area (Å²) in [7, 11) is 0. The summed E-state index contributed by atoms with van der Waals surface area (Å²) in [4.78, 5) is 22.7. The van der Waals surface area contributed by atoms with Crippen molar-refractivity contribution in [3.8, 4) is 0 Å². The molecular weight excluding hydrogens is 260 g/mol. The minimum Gasteiger partial charge on any atom is -0.267 e. The predicted molar refractivity (Wildman–Crippen MR) is 70.4 cm³/mol. The number of non-ortho nitro benzene ring substituents is 1. The number of fused-ring (bicyclic) bond motifs is 1. The molecule has 1 aromatic heterocycles. The van der Waals surface area contributed by atoms with Crippen molar-refractivity contribution in [1.29, 1.82) is 0 Å². The second-order valence-electron chi connectivity index (χ2n) is 4.07. The van der Waals surface area contributed by atoms with Gasteiger partial charge in [-0.25, -0.2) is 0 Å². The number of rotatable bonds is 2. The first kappa shape index (κ1) is 12.0. The topological polar surface area (TPSA) is 90.9 Å². The van der Waals surface area contributed by atoms with Crippen LogP contribution in [0.3, 0.4) is 0 Å². The van der Waals surface area contributed by atoms with Crippen LogP contribution in [-0.4, -0.2) is 25.8 Å². The lowest BCUT2D eigenvalue weighted by Crippen LogP contribution is -2.13. The van der Waals surface area contributed by atoms with Gasteiger partial charge < -0.3 is 0 Å². The second kappa shape index (κ2) is 4.54. The first-order valence-corrected chi connectivity index (χ1v) is 5.77. The Labute approximate surface area is 112 Å². The van der Waals surface area contributed by atoms with E-state index in [1.165, 1.54) is 12.1 Å². The number of benzene rings is 2. The Morgan fingerprint density at radius 2 is 1.85 bits per heavy atom. The van der Waals surface area contributed by atoms with E-state index < -0.39 is 4.92 Å². The molecule has 7 nitrogen and oxygen atoms in total. The van der Waals surface area contributed by atoms with Gasteiger partial charge in [0.1, 0.15) is 5.52 Å². The van der Waals surface area contributed by atoms with Crippen molar-refractivity contribution in [3.63, 3.8) is 0 Å². The van der Waals surface area contributed by atoms with Crippen LogP contribution in [-0.2, 0) is 0 Å². The maximum Gasteiger partial charge on any atom is 0.299 e. The second-order valence-corrected chi connectivity index (χ2v) is 4.07. The van der Waals surface area contributed by atoms with Crippen LogP contribution in [0.2, 0.25) is 0 Å². The van der Waals surface area contributed by atoms with E-state index in [9.17, 15) is 14.9 Å². The molecule has 0 fully saturated rings. The predicted octanol–water partition coefficient (Wildman–Crippen LogP) is 2.03. The van der Waals surface area contributed by atoms with Crippen LogP contribution in [0.15, 0.2) is 48.5 Å². The molecule has 20 heavy (non-hydrogen) atoms. The summed E-state index contributed by atoms with van der Waals surface area (Å²) in [5.41, 5.74) is 0.676. The molecule has 2 aromatic carbocycles. The molecule has 98 valence electrons. The fourth-order valence-electron chi connectivity index (χ4n) is 1.93. The van der Waals surface area contributed by atoms with E-state index in [2.05, 4.69) is 10.3 Å². The molecule has 0 radical (unpaired) electrons. The molecule has 0 saturated heterocycles. The van der Waals surface area contributed by atoms with E-state index in [-0.39, 0.29) is 17.1 Å². The van der Waals surface area contributed by atoms with Gasteiger partial charge in [0.15, 0.2) is 5.52 Å². The normalized spacial score (nSPS) is 10.6. The molecule has 3 rings (SSSR count). The molecule has 1 heterocycles. The third-order valence-electron chi connectivity index (χ3n) is 2.87. The molecule has 0 N–H and O–H groups in total.